The van der Waals surface area contributed by atoms with Gasteiger partial charge in [-0.25, -0.2) is 0 Å². The number of unbranched alkanes of at least 4 members (excludes halogenated alkanes) is 15. The predicted molar refractivity (Wildman–Crippen MR) is 153 cm³/mol. The Kier molecular flexibility index (Phi) is 20.0. The number of hydrogen-bond donors (Lipinski definition) is 2. The molecule has 0 amide bonds. The zero-order valence-corrected chi connectivity index (χ0v) is 25.8. The molecule has 7 heteroatoms. The van der Waals surface area contributed by atoms with Gasteiger partial charge in [-0.3, -0.25) is 9.59 Å². The van der Waals surface area contributed by atoms with E-state index in [1.54, 1.807) is 0 Å². The predicted octanol–water partition coefficient (Wildman–Crippen LogP) is 9.38. The first-order valence-electron chi connectivity index (χ1n) is 14.7. The Morgan fingerprint density at radius 1 is 0.657 bits per heavy atom. The van der Waals surface area contributed by atoms with Gasteiger partial charge in [0.05, 0.1) is 5.54 Å². The second-order valence-electron chi connectivity index (χ2n) is 11.7. The van der Waals surface area contributed by atoms with E-state index in [0.29, 0.717) is 6.42 Å². The second-order valence-corrected chi connectivity index (χ2v) is 20.4. The molecule has 0 aromatic rings. The minimum absolute atomic E-state index is 0.299. The maximum Gasteiger partial charge on any atom is 0.306 e. The molecule has 0 aliphatic rings. The molecule has 0 saturated heterocycles. The van der Waals surface area contributed by atoms with E-state index in [4.69, 9.17) is 9.22 Å². The lowest BCUT2D eigenvalue weighted by atomic mass is 10.1. The number of carboxylic acids is 2. The second kappa shape index (κ2) is 20.4. The monoisotopic (exact) mass is 530 g/mol. The molecule has 0 rings (SSSR count). The number of rotatable bonds is 25. The highest BCUT2D eigenvalue weighted by Gasteiger charge is 2.42. The molecule has 1 unspecified atom stereocenters. The van der Waals surface area contributed by atoms with Crippen LogP contribution in [-0.2, 0) is 13.7 Å². The van der Waals surface area contributed by atoms with Gasteiger partial charge in [0.1, 0.15) is 0 Å². The fourth-order valence-corrected chi connectivity index (χ4v) is 14.4. The SMILES string of the molecule is CCCCCCCCCCC(C(=O)O)[Si](C)(C)O[Si](C)(C)CCCCCCCCCCCC(=O)O. The first kappa shape index (κ1) is 34.3. The van der Waals surface area contributed by atoms with E-state index < -0.39 is 28.6 Å². The Hall–Kier alpha value is -0.666. The van der Waals surface area contributed by atoms with Crippen molar-refractivity contribution in [1.82, 2.24) is 0 Å². The van der Waals surface area contributed by atoms with Crippen LogP contribution in [0.2, 0.25) is 37.8 Å². The van der Waals surface area contributed by atoms with E-state index in [-0.39, 0.29) is 5.54 Å². The van der Waals surface area contributed by atoms with Gasteiger partial charge in [-0.1, -0.05) is 110 Å². The van der Waals surface area contributed by atoms with Crippen molar-refractivity contribution in [2.24, 2.45) is 0 Å². The van der Waals surface area contributed by atoms with Crippen LogP contribution in [0.3, 0.4) is 0 Å². The Bertz CT molecular complexity index is 551. The summed E-state index contributed by atoms with van der Waals surface area (Å²) in [6.45, 7) is 11.0. The van der Waals surface area contributed by atoms with Crippen LogP contribution in [0.25, 0.3) is 0 Å². The molecule has 5 nitrogen and oxygen atoms in total. The number of carbonyl (C=O) groups is 2. The van der Waals surface area contributed by atoms with Crippen LogP contribution in [0.5, 0.6) is 0 Å². The van der Waals surface area contributed by atoms with E-state index >= 15 is 0 Å². The molecule has 0 aliphatic heterocycles. The van der Waals surface area contributed by atoms with E-state index in [1.165, 1.54) is 77.0 Å². The molecule has 1 atom stereocenters. The highest BCUT2D eigenvalue weighted by Crippen LogP contribution is 2.33. The number of hydrogen-bond acceptors (Lipinski definition) is 3. The summed E-state index contributed by atoms with van der Waals surface area (Å²) in [4.78, 5) is 22.6. The average Bonchev–Trinajstić information content (AvgIpc) is 2.74. The quantitative estimate of drug-likeness (QED) is 0.0907. The summed E-state index contributed by atoms with van der Waals surface area (Å²) < 4.78 is 6.73. The van der Waals surface area contributed by atoms with Crippen molar-refractivity contribution in [2.75, 3.05) is 0 Å². The van der Waals surface area contributed by atoms with Crippen LogP contribution < -0.4 is 0 Å². The van der Waals surface area contributed by atoms with Gasteiger partial charge >= 0.3 is 11.9 Å². The standard InChI is InChI=1S/C28H58O5Si2/c1-6-7-8-9-10-14-17-20-23-26(28(31)32)35(4,5)33-34(2,3)25-22-19-16-13-11-12-15-18-21-24-27(29)30/h26H,6-25H2,1-5H3,(H,29,30)(H,31,32). The summed E-state index contributed by atoms with van der Waals surface area (Å²) in [5.74, 6) is -1.34. The topological polar surface area (TPSA) is 83.8 Å². The molecule has 35 heavy (non-hydrogen) atoms. The molecule has 0 aliphatic carbocycles. The molecule has 0 fully saturated rings. The van der Waals surface area contributed by atoms with Crippen molar-refractivity contribution in [1.29, 1.82) is 0 Å². The molecule has 0 saturated carbocycles. The maximum atomic E-state index is 12.1. The Morgan fingerprint density at radius 2 is 1.09 bits per heavy atom. The zero-order chi connectivity index (χ0) is 26.6. The van der Waals surface area contributed by atoms with Gasteiger partial charge in [-0.2, -0.15) is 0 Å². The van der Waals surface area contributed by atoms with Crippen molar-refractivity contribution in [3.05, 3.63) is 0 Å². The fourth-order valence-electron chi connectivity index (χ4n) is 5.15. The summed E-state index contributed by atoms with van der Waals surface area (Å²) in [5, 5.41) is 18.6. The molecule has 0 spiro atoms. The highest BCUT2D eigenvalue weighted by atomic mass is 28.4. The minimum Gasteiger partial charge on any atom is -0.481 e. The van der Waals surface area contributed by atoms with Crippen molar-refractivity contribution < 1.29 is 23.9 Å². The van der Waals surface area contributed by atoms with Crippen molar-refractivity contribution in [3.63, 3.8) is 0 Å². The third-order valence-electron chi connectivity index (χ3n) is 7.19. The molecule has 0 aromatic heterocycles. The van der Waals surface area contributed by atoms with Crippen LogP contribution in [0, 0.1) is 0 Å². The van der Waals surface area contributed by atoms with Gasteiger partial charge in [0.2, 0.25) is 0 Å². The molecular formula is C28H58O5Si2. The lowest BCUT2D eigenvalue weighted by Crippen LogP contribution is -2.49. The third-order valence-corrected chi connectivity index (χ3v) is 15.3. The van der Waals surface area contributed by atoms with Gasteiger partial charge in [-0.05, 0) is 45.1 Å². The van der Waals surface area contributed by atoms with Crippen LogP contribution in [0.1, 0.15) is 129 Å². The summed E-state index contributed by atoms with van der Waals surface area (Å²) >= 11 is 0. The molecule has 208 valence electrons. The normalized spacial score (nSPS) is 13.2. The van der Waals surface area contributed by atoms with Crippen LogP contribution in [-0.4, -0.2) is 38.8 Å². The van der Waals surface area contributed by atoms with E-state index in [1.807, 2.05) is 0 Å². The Balaban J connectivity index is 4.12. The van der Waals surface area contributed by atoms with Gasteiger partial charge in [0.25, 0.3) is 0 Å². The van der Waals surface area contributed by atoms with Gasteiger partial charge in [-0.15, -0.1) is 0 Å². The highest BCUT2D eigenvalue weighted by molar-refractivity contribution is 6.86. The Morgan fingerprint density at radius 3 is 1.54 bits per heavy atom. The molecule has 0 heterocycles. The molecule has 0 aromatic carbocycles. The van der Waals surface area contributed by atoms with Gasteiger partial charge in [0, 0.05) is 6.42 Å². The van der Waals surface area contributed by atoms with Gasteiger partial charge in [0.15, 0.2) is 16.6 Å². The van der Waals surface area contributed by atoms with Crippen molar-refractivity contribution >= 4 is 28.6 Å². The molecule has 0 bridgehead atoms. The van der Waals surface area contributed by atoms with E-state index in [0.717, 1.165) is 44.6 Å². The average molecular weight is 531 g/mol. The Labute approximate surface area is 219 Å². The number of aliphatic carboxylic acids is 2. The molecule has 0 radical (unpaired) electrons. The first-order chi connectivity index (χ1) is 16.5. The minimum atomic E-state index is -2.30. The van der Waals surface area contributed by atoms with Crippen LogP contribution in [0.15, 0.2) is 0 Å². The lowest BCUT2D eigenvalue weighted by Gasteiger charge is -2.37. The zero-order valence-electron chi connectivity index (χ0n) is 23.8. The van der Waals surface area contributed by atoms with Crippen LogP contribution in [0.4, 0.5) is 0 Å². The molecule has 2 N–H and O–H groups in total. The summed E-state index contributed by atoms with van der Waals surface area (Å²) in [6, 6.07) is 1.11. The number of carboxylic acid groups (broad SMARTS) is 2. The van der Waals surface area contributed by atoms with Crippen molar-refractivity contribution in [2.45, 2.75) is 167 Å². The fraction of sp³-hybridized carbons (Fsp3) is 0.929. The summed E-state index contributed by atoms with van der Waals surface area (Å²) in [6.07, 6.45) is 21.3. The smallest absolute Gasteiger partial charge is 0.306 e. The summed E-state index contributed by atoms with van der Waals surface area (Å²) in [7, 11) is -4.17. The van der Waals surface area contributed by atoms with Gasteiger partial charge < -0.3 is 14.3 Å². The molecular weight excluding hydrogens is 472 g/mol. The summed E-state index contributed by atoms with van der Waals surface area (Å²) in [5.41, 5.74) is -0.301. The van der Waals surface area contributed by atoms with E-state index in [9.17, 15) is 14.7 Å². The first-order valence-corrected chi connectivity index (χ1v) is 20.8. The largest absolute Gasteiger partial charge is 0.481 e. The van der Waals surface area contributed by atoms with E-state index in [2.05, 4.69) is 33.1 Å². The van der Waals surface area contributed by atoms with Crippen molar-refractivity contribution in [3.8, 4) is 0 Å². The third kappa shape index (κ3) is 20.1. The maximum absolute atomic E-state index is 12.1. The lowest BCUT2D eigenvalue weighted by molar-refractivity contribution is -0.138. The van der Waals surface area contributed by atoms with Crippen LogP contribution >= 0.6 is 0 Å².